The monoisotopic (exact) mass is 2230 g/mol. The Bertz CT molecular complexity index is 8380. The van der Waals surface area contributed by atoms with Crippen molar-refractivity contribution in [3.63, 3.8) is 0 Å². The van der Waals surface area contributed by atoms with Gasteiger partial charge < -0.3 is 32.1 Å². The topological polar surface area (TPSA) is 77.3 Å². The molecule has 20 aromatic rings. The van der Waals surface area contributed by atoms with Crippen LogP contribution in [0.3, 0.4) is 0 Å². The van der Waals surface area contributed by atoms with Crippen LogP contribution in [-0.4, -0.2) is 29.9 Å². The van der Waals surface area contributed by atoms with E-state index in [1.54, 1.807) is 12.3 Å². The maximum Gasteiger partial charge on any atom is 3.00 e. The molecule has 6 aromatic heterocycles. The number of aromatic nitrogens is 6. The van der Waals surface area contributed by atoms with Gasteiger partial charge in [0.1, 0.15) is 0 Å². The SMILES string of the molecule is [2H]C([2H])([2H])c1cc(-c2[c-]cccc2)ncc1CCc1cc(CCc2cnc(-c3[c-]cccc3)cc2C)cc(-c2ccccc2-c2cnc(C34[C-]=CC5C(C=C3)C5C=C4)cc2-c2ccc(-c3ccccc3)cc2)c1.[C-]1=CC2C3C=CC1(c1cc(-c4ccc5c6ccccc6c6ccccc6c5c4)c(-c4ccccc4-c4cc(CCc5ccc(-c6[c-]cccc6)nc5)cc(CCc5ccc(-c6[c-]cccc6)nc5)c4)cn1)C=CC23.[Ir+3].[Ir+3]. The summed E-state index contributed by atoms with van der Waals surface area (Å²) in [5, 5.41) is 7.58. The summed E-state index contributed by atoms with van der Waals surface area (Å²) < 4.78 is 25.7. The Hall–Kier alpha value is -15.5. The number of rotatable bonds is 25. The fourth-order valence-corrected chi connectivity index (χ4v) is 22.4. The van der Waals surface area contributed by atoms with Gasteiger partial charge in [-0.25, -0.2) is 0 Å². The maximum absolute atomic E-state index is 8.57. The van der Waals surface area contributed by atoms with Crippen LogP contribution >= 0.6 is 0 Å². The Morgan fingerprint density at radius 3 is 1.03 bits per heavy atom. The van der Waals surface area contributed by atoms with Crippen LogP contribution in [-0.2, 0) is 102 Å². The van der Waals surface area contributed by atoms with E-state index in [9.17, 15) is 0 Å². The van der Waals surface area contributed by atoms with Crippen molar-refractivity contribution in [2.45, 2.75) is 76.0 Å². The van der Waals surface area contributed by atoms with Gasteiger partial charge in [0.2, 0.25) is 0 Å². The maximum atomic E-state index is 8.57. The largest absolute Gasteiger partial charge is 3.00 e. The number of aryl methyl sites for hydroxylation is 10. The first kappa shape index (κ1) is 90.5. The normalized spacial score (nSPS) is 18.5. The number of fused-ring (bicyclic) bond motifs is 6. The molecular weight excluding hydrogens is 2130 g/mol. The molecule has 146 heavy (non-hydrogen) atoms. The second-order valence-corrected chi connectivity index (χ2v) is 39.4. The number of hydrogen-bond acceptors (Lipinski definition) is 6. The summed E-state index contributed by atoms with van der Waals surface area (Å²) in [5.74, 6) is 3.27. The molecule has 14 aromatic carbocycles. The van der Waals surface area contributed by atoms with E-state index < -0.39 is 17.7 Å². The van der Waals surface area contributed by atoms with Crippen molar-refractivity contribution in [3.05, 3.63) is 553 Å². The van der Waals surface area contributed by atoms with Gasteiger partial charge in [0, 0.05) is 63.8 Å². The third kappa shape index (κ3) is 19.0. The van der Waals surface area contributed by atoms with Gasteiger partial charge in [0.05, 0.1) is 0 Å². The van der Waals surface area contributed by atoms with Crippen LogP contribution in [0.5, 0.6) is 0 Å². The molecule has 2 saturated carbocycles. The van der Waals surface area contributed by atoms with Crippen molar-refractivity contribution in [1.82, 2.24) is 29.9 Å². The fourth-order valence-electron chi connectivity index (χ4n) is 22.4. The zero-order valence-corrected chi connectivity index (χ0v) is 85.5. The number of allylic oxidation sites excluding steroid dienone is 12. The van der Waals surface area contributed by atoms with Crippen LogP contribution in [0, 0.1) is 85.7 Å². The number of pyridine rings is 6. The van der Waals surface area contributed by atoms with E-state index in [-0.39, 0.29) is 40.2 Å². The van der Waals surface area contributed by atoms with Crippen LogP contribution in [0.2, 0.25) is 0 Å². The first-order chi connectivity index (χ1) is 72.3. The van der Waals surface area contributed by atoms with Crippen LogP contribution in [0.25, 0.3) is 155 Å². The fraction of sp³-hybridized carbons (Fsp3) is 0.130. The Morgan fingerprint density at radius 1 is 0.247 bits per heavy atom. The van der Waals surface area contributed by atoms with E-state index in [2.05, 4.69) is 377 Å². The van der Waals surface area contributed by atoms with Gasteiger partial charge in [0.25, 0.3) is 0 Å². The van der Waals surface area contributed by atoms with E-state index in [1.807, 2.05) is 104 Å². The van der Waals surface area contributed by atoms with Gasteiger partial charge in [0.15, 0.2) is 0 Å². The van der Waals surface area contributed by atoms with E-state index in [0.717, 1.165) is 156 Å². The summed E-state index contributed by atoms with van der Waals surface area (Å²) in [5.41, 5.74) is 34.6. The van der Waals surface area contributed by atoms with Gasteiger partial charge >= 0.3 is 40.2 Å². The molecule has 8 bridgehead atoms. The van der Waals surface area contributed by atoms with E-state index in [1.165, 1.54) is 88.0 Å². The molecular formula is C138H102Ir2N6. The third-order valence-electron chi connectivity index (χ3n) is 30.5. The number of hydrogen-bond donors (Lipinski definition) is 0. The average molecular weight is 2230 g/mol. The molecule has 8 aliphatic rings. The second-order valence-electron chi connectivity index (χ2n) is 39.4. The van der Waals surface area contributed by atoms with E-state index in [4.69, 9.17) is 34.0 Å². The first-order valence-electron chi connectivity index (χ1n) is 52.0. The zero-order chi connectivity index (χ0) is 98.5. The van der Waals surface area contributed by atoms with Crippen LogP contribution < -0.4 is 0 Å². The molecule has 0 saturated heterocycles. The number of nitrogens with zero attached hydrogens (tertiary/aromatic N) is 6. The summed E-state index contributed by atoms with van der Waals surface area (Å²) >= 11 is 0. The van der Waals surface area contributed by atoms with E-state index in [0.29, 0.717) is 65.2 Å². The van der Waals surface area contributed by atoms with Crippen molar-refractivity contribution in [1.29, 1.82) is 0 Å². The summed E-state index contributed by atoms with van der Waals surface area (Å²) in [6.45, 7) is -0.150. The molecule has 6 nitrogen and oxygen atoms in total. The van der Waals surface area contributed by atoms with Crippen LogP contribution in [0.15, 0.2) is 450 Å². The summed E-state index contributed by atoms with van der Waals surface area (Å²) in [6.07, 6.45) is 49.4. The Kier molecular flexibility index (Phi) is 25.4. The average Bonchev–Trinajstić information content (AvgIpc) is 1.56. The molecule has 2 fully saturated rings. The van der Waals surface area contributed by atoms with Crippen molar-refractivity contribution < 1.29 is 44.3 Å². The molecule has 4 unspecified atom stereocenters. The first-order valence-corrected chi connectivity index (χ1v) is 50.5. The molecule has 0 aliphatic heterocycles. The molecule has 28 rings (SSSR count). The molecule has 0 amide bonds. The van der Waals surface area contributed by atoms with Gasteiger partial charge in [-0.05, 0) is 285 Å². The van der Waals surface area contributed by atoms with Crippen LogP contribution in [0.1, 0.15) is 71.1 Å². The molecule has 0 N–H and O–H groups in total. The molecule has 0 radical (unpaired) electrons. The predicted octanol–water partition coefficient (Wildman–Crippen LogP) is 31.7. The van der Waals surface area contributed by atoms with Crippen LogP contribution in [0.4, 0.5) is 0 Å². The third-order valence-corrected chi connectivity index (χ3v) is 30.5. The minimum atomic E-state index is -2.31. The second kappa shape index (κ2) is 41.0. The molecule has 8 heteroatoms. The molecule has 6 heterocycles. The van der Waals surface area contributed by atoms with Gasteiger partial charge in [-0.1, -0.05) is 283 Å². The number of benzene rings is 14. The Labute approximate surface area is 887 Å². The molecule has 8 aliphatic carbocycles. The smallest absolute Gasteiger partial charge is 0.480 e. The van der Waals surface area contributed by atoms with Crippen molar-refractivity contribution in [2.75, 3.05) is 0 Å². The Morgan fingerprint density at radius 2 is 0.603 bits per heavy atom. The minimum absolute atomic E-state index is 0. The molecule has 702 valence electrons. The summed E-state index contributed by atoms with van der Waals surface area (Å²) in [6, 6.07) is 138. The van der Waals surface area contributed by atoms with Crippen molar-refractivity contribution in [3.8, 4) is 123 Å². The van der Waals surface area contributed by atoms with Gasteiger partial charge in [-0.3, -0.25) is 22.1 Å². The quantitative estimate of drug-likeness (QED) is 0.0322. The zero-order valence-electron chi connectivity index (χ0n) is 83.7. The van der Waals surface area contributed by atoms with E-state index >= 15 is 0 Å². The minimum Gasteiger partial charge on any atom is -0.480 e. The van der Waals surface area contributed by atoms with Crippen molar-refractivity contribution >= 4 is 32.3 Å². The Balaban J connectivity index is 0.000000161. The summed E-state index contributed by atoms with van der Waals surface area (Å²) in [7, 11) is 0. The summed E-state index contributed by atoms with van der Waals surface area (Å²) in [4.78, 5) is 30.1. The van der Waals surface area contributed by atoms with Gasteiger partial charge in [-0.2, -0.15) is 0 Å². The molecule has 0 spiro atoms. The predicted molar refractivity (Wildman–Crippen MR) is 589 cm³/mol. The van der Waals surface area contributed by atoms with Crippen molar-refractivity contribution in [2.24, 2.45) is 35.5 Å². The van der Waals surface area contributed by atoms with Gasteiger partial charge in [-0.15, -0.1) is 168 Å². The standard InChI is InChI=1S/C71H50N3.C67H52N3.2Ir/c1-3-13-51(14-4-1)68-31-27-47(44-72-68)23-25-49-39-50(26-24-48-28-32-69(73-45-48)52-15-5-2-6-16-52)41-54(40-49)55-17-7-8-18-56(55)67-46-74-70(71-36-33-62-63(34-37-71)64(62)35-38-71)43-65(67)53-29-30-61-59-21-10-9-19-57(59)58-20-11-12-22-60(58)66(61)42-53;1-45-36-64(52-16-8-4-9-17-52)68-42-54(45)24-22-47-38-48(23-25-55-43-69-65(37-46(55)2)53-18-10-5-11-19-53)40-56(39-47)57-20-12-13-21-58(57)63-44-70-66(67-33-30-59-60(31-34-67)61(59)32-35-67)41-62(63)51-28-26-50(27-29-51)49-14-6-3-7-15-49;;/h1-13,15,17-22,27-37,39-46,62-64H,23-26H2;3-16,18,20-21,26-34,36-44,59-61H,22-25H2,1-2H3;;/q2*-3;2*+3/i;1D3;;. The molecule has 4 atom stereocenters.